The summed E-state index contributed by atoms with van der Waals surface area (Å²) < 4.78 is 23.3. The summed E-state index contributed by atoms with van der Waals surface area (Å²) in [6.07, 6.45) is 6.23. The second kappa shape index (κ2) is 15.8. The summed E-state index contributed by atoms with van der Waals surface area (Å²) in [5.74, 6) is 1.71. The quantitative estimate of drug-likeness (QED) is 0.155. The minimum absolute atomic E-state index is 0.0766. The molecule has 8 nitrogen and oxygen atoms in total. The van der Waals surface area contributed by atoms with Gasteiger partial charge in [0, 0.05) is 24.4 Å². The first-order valence-electron chi connectivity index (χ1n) is 16.6. The molecule has 0 bridgehead atoms. The van der Waals surface area contributed by atoms with Crippen LogP contribution in [0.4, 0.5) is 4.79 Å². The predicted molar refractivity (Wildman–Crippen MR) is 182 cm³/mol. The molecule has 8 heteroatoms. The van der Waals surface area contributed by atoms with Crippen molar-refractivity contribution in [1.29, 1.82) is 0 Å². The maximum atomic E-state index is 12.6. The lowest BCUT2D eigenvalue weighted by atomic mass is 9.96. The molecule has 248 valence electrons. The van der Waals surface area contributed by atoms with Crippen molar-refractivity contribution in [2.24, 2.45) is 0 Å². The molecule has 0 radical (unpaired) electrons. The van der Waals surface area contributed by atoms with E-state index >= 15 is 0 Å². The number of rotatable bonds is 12. The number of aryl methyl sites for hydroxylation is 2. The Bertz CT molecular complexity index is 1630. The molecule has 1 amide bonds. The van der Waals surface area contributed by atoms with Gasteiger partial charge in [-0.05, 0) is 93.5 Å². The highest BCUT2D eigenvalue weighted by Crippen LogP contribution is 2.28. The highest BCUT2D eigenvalue weighted by atomic mass is 16.6. The average molecular weight is 639 g/mol. The Morgan fingerprint density at radius 1 is 0.872 bits per heavy atom. The molecule has 0 atom stereocenters. The van der Waals surface area contributed by atoms with E-state index in [-0.39, 0.29) is 25.0 Å². The maximum Gasteiger partial charge on any atom is 0.407 e. The van der Waals surface area contributed by atoms with Gasteiger partial charge in [0.15, 0.2) is 0 Å². The number of oxazole rings is 1. The van der Waals surface area contributed by atoms with Crippen LogP contribution in [-0.2, 0) is 33.7 Å². The molecule has 1 heterocycles. The molecule has 3 aromatic carbocycles. The van der Waals surface area contributed by atoms with E-state index in [0.717, 1.165) is 65.0 Å². The average Bonchev–Trinajstić information content (AvgIpc) is 3.43. The summed E-state index contributed by atoms with van der Waals surface area (Å²) in [6.45, 7) is 7.94. The van der Waals surface area contributed by atoms with Crippen LogP contribution in [0.15, 0.2) is 77.2 Å². The molecular weight excluding hydrogens is 592 g/mol. The molecule has 0 saturated heterocycles. The second-order valence-corrected chi connectivity index (χ2v) is 13.1. The molecule has 0 unspecified atom stereocenters. The molecule has 0 aliphatic heterocycles. The maximum absolute atomic E-state index is 12.6. The number of ether oxygens (including phenoxy) is 3. The third-order valence-corrected chi connectivity index (χ3v) is 8.20. The number of nitrogens with one attached hydrogen (secondary N) is 1. The van der Waals surface area contributed by atoms with Gasteiger partial charge >= 0.3 is 12.1 Å². The lowest BCUT2D eigenvalue weighted by Crippen LogP contribution is -2.36. The Kier molecular flexibility index (Phi) is 11.4. The summed E-state index contributed by atoms with van der Waals surface area (Å²) in [5, 5.41) is 3.00. The fraction of sp³-hybridized carbons (Fsp3) is 0.410. The first-order valence-corrected chi connectivity index (χ1v) is 16.6. The molecule has 1 saturated carbocycles. The molecule has 1 N–H and O–H groups in total. The zero-order valence-corrected chi connectivity index (χ0v) is 28.0. The summed E-state index contributed by atoms with van der Waals surface area (Å²) in [4.78, 5) is 29.8. The number of carbonyl (C=O) groups excluding carboxylic acids is 2. The van der Waals surface area contributed by atoms with E-state index in [0.29, 0.717) is 31.1 Å². The van der Waals surface area contributed by atoms with Crippen molar-refractivity contribution >= 4 is 12.1 Å². The number of hydrogen-bond donors (Lipinski definition) is 1. The number of benzene rings is 3. The van der Waals surface area contributed by atoms with E-state index in [2.05, 4.69) is 29.6 Å². The van der Waals surface area contributed by atoms with Crippen LogP contribution in [0.1, 0.15) is 81.9 Å². The molecular formula is C39H46N2O6. The van der Waals surface area contributed by atoms with Crippen molar-refractivity contribution in [3.05, 3.63) is 95.4 Å². The standard InChI is InChI=1S/C39H46N2O6/c1-27-35(41-37(46-27)31-15-11-14-30(24-31)28-12-7-5-8-13-28)22-23-44-34-20-18-29(19-21-36(42)47-39(2,3)4)32(25-34)26-45-38(43)40-33-16-9-6-10-17-33/h5,7-8,11-15,18,20,24-25,33H,6,9-10,16-17,19,21-23,26H2,1-4H3,(H,40,43). The summed E-state index contributed by atoms with van der Waals surface area (Å²) in [7, 11) is 0. The summed E-state index contributed by atoms with van der Waals surface area (Å²) >= 11 is 0. The first-order chi connectivity index (χ1) is 22.6. The van der Waals surface area contributed by atoms with Gasteiger partial charge < -0.3 is 23.9 Å². The van der Waals surface area contributed by atoms with Gasteiger partial charge in [-0.3, -0.25) is 4.79 Å². The molecule has 1 aliphatic rings. The molecule has 4 aromatic rings. The van der Waals surface area contributed by atoms with Gasteiger partial charge in [-0.25, -0.2) is 9.78 Å². The van der Waals surface area contributed by atoms with Gasteiger partial charge in [-0.1, -0.05) is 67.8 Å². The normalized spacial score (nSPS) is 13.6. The van der Waals surface area contributed by atoms with Gasteiger partial charge in [0.25, 0.3) is 0 Å². The Morgan fingerprint density at radius 3 is 2.38 bits per heavy atom. The highest BCUT2D eigenvalue weighted by Gasteiger charge is 2.19. The molecule has 1 aromatic heterocycles. The van der Waals surface area contributed by atoms with Crippen LogP contribution < -0.4 is 10.1 Å². The number of amides is 1. The minimum atomic E-state index is -0.549. The number of nitrogens with zero attached hydrogens (tertiary/aromatic N) is 1. The third-order valence-electron chi connectivity index (χ3n) is 8.20. The summed E-state index contributed by atoms with van der Waals surface area (Å²) in [5.41, 5.74) is 5.14. The van der Waals surface area contributed by atoms with E-state index in [4.69, 9.17) is 23.6 Å². The first kappa shape index (κ1) is 33.8. The fourth-order valence-corrected chi connectivity index (χ4v) is 5.81. The van der Waals surface area contributed by atoms with E-state index in [1.807, 2.05) is 76.2 Å². The number of aromatic nitrogens is 1. The van der Waals surface area contributed by atoms with E-state index in [9.17, 15) is 9.59 Å². The minimum Gasteiger partial charge on any atom is -0.493 e. The number of alkyl carbamates (subject to hydrolysis) is 1. The van der Waals surface area contributed by atoms with Crippen molar-refractivity contribution in [1.82, 2.24) is 10.3 Å². The van der Waals surface area contributed by atoms with Crippen LogP contribution in [0, 0.1) is 6.92 Å². The van der Waals surface area contributed by atoms with Crippen molar-refractivity contribution in [3.63, 3.8) is 0 Å². The van der Waals surface area contributed by atoms with E-state index in [1.165, 1.54) is 6.42 Å². The van der Waals surface area contributed by atoms with Gasteiger partial charge in [0.1, 0.15) is 23.7 Å². The SMILES string of the molecule is Cc1oc(-c2cccc(-c3ccccc3)c2)nc1CCOc1ccc(CCC(=O)OC(C)(C)C)c(COC(=O)NC2CCCCC2)c1. The number of hydrogen-bond acceptors (Lipinski definition) is 7. The Hall–Kier alpha value is -4.59. The van der Waals surface area contributed by atoms with Crippen molar-refractivity contribution < 1.29 is 28.2 Å². The molecule has 47 heavy (non-hydrogen) atoms. The second-order valence-electron chi connectivity index (χ2n) is 13.1. The van der Waals surface area contributed by atoms with Crippen molar-refractivity contribution in [3.8, 4) is 28.3 Å². The largest absolute Gasteiger partial charge is 0.493 e. The molecule has 1 aliphatic carbocycles. The Balaban J connectivity index is 1.22. The lowest BCUT2D eigenvalue weighted by Gasteiger charge is -2.22. The van der Waals surface area contributed by atoms with Crippen LogP contribution >= 0.6 is 0 Å². The molecule has 5 rings (SSSR count). The van der Waals surface area contributed by atoms with Gasteiger partial charge in [-0.2, -0.15) is 0 Å². The van der Waals surface area contributed by atoms with Crippen LogP contribution in [0.2, 0.25) is 0 Å². The van der Waals surface area contributed by atoms with E-state index in [1.54, 1.807) is 0 Å². The molecule has 1 fully saturated rings. The number of carbonyl (C=O) groups is 2. The highest BCUT2D eigenvalue weighted by molar-refractivity contribution is 5.71. The Labute approximate surface area is 277 Å². The third kappa shape index (κ3) is 10.2. The van der Waals surface area contributed by atoms with Gasteiger partial charge in [0.05, 0.1) is 12.3 Å². The molecule has 0 spiro atoms. The van der Waals surface area contributed by atoms with Gasteiger partial charge in [-0.15, -0.1) is 0 Å². The Morgan fingerprint density at radius 2 is 1.62 bits per heavy atom. The topological polar surface area (TPSA) is 99.9 Å². The van der Waals surface area contributed by atoms with Crippen LogP contribution in [0.5, 0.6) is 5.75 Å². The predicted octanol–water partition coefficient (Wildman–Crippen LogP) is 8.77. The zero-order valence-electron chi connectivity index (χ0n) is 28.0. The zero-order chi connectivity index (χ0) is 33.2. The monoisotopic (exact) mass is 638 g/mol. The van der Waals surface area contributed by atoms with E-state index < -0.39 is 11.7 Å². The van der Waals surface area contributed by atoms with Crippen LogP contribution in [0.25, 0.3) is 22.6 Å². The van der Waals surface area contributed by atoms with Crippen molar-refractivity contribution in [2.45, 2.75) is 97.3 Å². The lowest BCUT2D eigenvalue weighted by molar-refractivity contribution is -0.154. The van der Waals surface area contributed by atoms with Crippen LogP contribution in [-0.4, -0.2) is 35.3 Å². The van der Waals surface area contributed by atoms with Crippen LogP contribution in [0.3, 0.4) is 0 Å². The van der Waals surface area contributed by atoms with Gasteiger partial charge in [0.2, 0.25) is 5.89 Å². The smallest absolute Gasteiger partial charge is 0.407 e. The number of esters is 1. The van der Waals surface area contributed by atoms with Crippen molar-refractivity contribution in [2.75, 3.05) is 6.61 Å². The summed E-state index contributed by atoms with van der Waals surface area (Å²) in [6, 6.07) is 24.3. The fourth-order valence-electron chi connectivity index (χ4n) is 5.81.